The minimum Gasteiger partial charge on any atom is -0.384 e. The number of benzene rings is 1. The van der Waals surface area contributed by atoms with E-state index in [0.29, 0.717) is 0 Å². The van der Waals surface area contributed by atoms with Crippen molar-refractivity contribution < 1.29 is 4.74 Å². The van der Waals surface area contributed by atoms with Gasteiger partial charge in [0.1, 0.15) is 0 Å². The van der Waals surface area contributed by atoms with Crippen LogP contribution in [0, 0.1) is 0 Å². The normalized spacial score (nSPS) is 24.4. The van der Waals surface area contributed by atoms with Crippen molar-refractivity contribution in [3.8, 4) is 0 Å². The highest BCUT2D eigenvalue weighted by Gasteiger charge is 2.31. The van der Waals surface area contributed by atoms with Crippen LogP contribution in [-0.2, 0) is 15.7 Å². The summed E-state index contributed by atoms with van der Waals surface area (Å²) >= 11 is 0. The summed E-state index contributed by atoms with van der Waals surface area (Å²) < 4.78 is 5.34. The van der Waals surface area contributed by atoms with Gasteiger partial charge in [0.2, 0.25) is 0 Å². The molecule has 1 aliphatic rings. The van der Waals surface area contributed by atoms with E-state index in [1.165, 1.54) is 24.0 Å². The topological polar surface area (TPSA) is 21.3 Å². The monoisotopic (exact) mass is 247 g/mol. The first-order valence-electron chi connectivity index (χ1n) is 6.83. The van der Waals surface area contributed by atoms with Crippen LogP contribution in [0.15, 0.2) is 24.3 Å². The van der Waals surface area contributed by atoms with E-state index >= 15 is 0 Å². The maximum Gasteiger partial charge on any atom is 0.0553 e. The van der Waals surface area contributed by atoms with Crippen molar-refractivity contribution in [1.29, 1.82) is 0 Å². The Morgan fingerprint density at radius 1 is 1.39 bits per heavy atom. The zero-order chi connectivity index (χ0) is 13.2. The van der Waals surface area contributed by atoms with Crippen molar-refractivity contribution in [2.75, 3.05) is 20.3 Å². The SMILES string of the molecule is COCC(C)(C)c1cccc(C2(C)CCCN2)c1. The molecule has 0 bridgehead atoms. The summed E-state index contributed by atoms with van der Waals surface area (Å²) in [5.41, 5.74) is 2.98. The molecule has 18 heavy (non-hydrogen) atoms. The lowest BCUT2D eigenvalue weighted by molar-refractivity contribution is 0.146. The number of rotatable bonds is 4. The van der Waals surface area contributed by atoms with Gasteiger partial charge in [-0.25, -0.2) is 0 Å². The van der Waals surface area contributed by atoms with Crippen LogP contribution in [0.3, 0.4) is 0 Å². The van der Waals surface area contributed by atoms with Gasteiger partial charge in [-0.15, -0.1) is 0 Å². The molecule has 0 radical (unpaired) electrons. The van der Waals surface area contributed by atoms with Gasteiger partial charge in [0.25, 0.3) is 0 Å². The molecule has 0 saturated carbocycles. The molecule has 1 N–H and O–H groups in total. The Morgan fingerprint density at radius 3 is 2.78 bits per heavy atom. The van der Waals surface area contributed by atoms with Crippen molar-refractivity contribution in [1.82, 2.24) is 5.32 Å². The number of hydrogen-bond donors (Lipinski definition) is 1. The molecule has 1 unspecified atom stereocenters. The van der Waals surface area contributed by atoms with Crippen molar-refractivity contribution >= 4 is 0 Å². The van der Waals surface area contributed by atoms with E-state index in [-0.39, 0.29) is 11.0 Å². The first-order valence-corrected chi connectivity index (χ1v) is 6.83. The van der Waals surface area contributed by atoms with Gasteiger partial charge < -0.3 is 10.1 Å². The van der Waals surface area contributed by atoms with E-state index in [1.807, 2.05) is 0 Å². The minimum atomic E-state index is 0.0692. The third-order valence-electron chi connectivity index (χ3n) is 4.16. The van der Waals surface area contributed by atoms with Crippen LogP contribution in [0.25, 0.3) is 0 Å². The molecule has 2 rings (SSSR count). The van der Waals surface area contributed by atoms with Crippen molar-refractivity contribution in [2.24, 2.45) is 0 Å². The molecule has 1 aromatic rings. The highest BCUT2D eigenvalue weighted by Crippen LogP contribution is 2.33. The summed E-state index contributed by atoms with van der Waals surface area (Å²) in [6, 6.07) is 8.97. The van der Waals surface area contributed by atoms with Crippen LogP contribution >= 0.6 is 0 Å². The largest absolute Gasteiger partial charge is 0.384 e. The summed E-state index contributed by atoms with van der Waals surface area (Å²) in [4.78, 5) is 0. The first kappa shape index (κ1) is 13.6. The van der Waals surface area contributed by atoms with E-state index in [0.717, 1.165) is 13.2 Å². The molecule has 1 fully saturated rings. The van der Waals surface area contributed by atoms with Gasteiger partial charge in [-0.1, -0.05) is 38.1 Å². The lowest BCUT2D eigenvalue weighted by atomic mass is 9.81. The lowest BCUT2D eigenvalue weighted by Crippen LogP contribution is -2.33. The fourth-order valence-corrected chi connectivity index (χ4v) is 2.87. The van der Waals surface area contributed by atoms with Crippen LogP contribution in [0.2, 0.25) is 0 Å². The molecular weight excluding hydrogens is 222 g/mol. The van der Waals surface area contributed by atoms with Gasteiger partial charge in [0.15, 0.2) is 0 Å². The molecule has 100 valence electrons. The van der Waals surface area contributed by atoms with Crippen molar-refractivity contribution in [3.05, 3.63) is 35.4 Å². The molecule has 1 saturated heterocycles. The molecule has 1 heterocycles. The fourth-order valence-electron chi connectivity index (χ4n) is 2.87. The number of ether oxygens (including phenoxy) is 1. The summed E-state index contributed by atoms with van der Waals surface area (Å²) in [6.45, 7) is 8.66. The number of methoxy groups -OCH3 is 1. The summed E-state index contributed by atoms with van der Waals surface area (Å²) in [7, 11) is 1.77. The number of hydrogen-bond acceptors (Lipinski definition) is 2. The molecule has 0 spiro atoms. The maximum atomic E-state index is 5.34. The van der Waals surface area contributed by atoms with Crippen LogP contribution in [0.5, 0.6) is 0 Å². The molecule has 1 aliphatic heterocycles. The predicted octanol–water partition coefficient (Wildman–Crippen LogP) is 3.21. The zero-order valence-corrected chi connectivity index (χ0v) is 12.0. The fraction of sp³-hybridized carbons (Fsp3) is 0.625. The second-order valence-corrected chi connectivity index (χ2v) is 6.26. The second-order valence-electron chi connectivity index (χ2n) is 6.26. The standard InChI is InChI=1S/C16H25NO/c1-15(2,12-18-4)13-7-5-8-14(11-13)16(3)9-6-10-17-16/h5,7-8,11,17H,6,9-10,12H2,1-4H3. The summed E-state index contributed by atoms with van der Waals surface area (Å²) in [5, 5.41) is 3.63. The average Bonchev–Trinajstić information content (AvgIpc) is 2.78. The second kappa shape index (κ2) is 5.02. The van der Waals surface area contributed by atoms with E-state index in [4.69, 9.17) is 4.74 Å². The van der Waals surface area contributed by atoms with Crippen molar-refractivity contribution in [3.63, 3.8) is 0 Å². The Hall–Kier alpha value is -0.860. The van der Waals surface area contributed by atoms with E-state index in [9.17, 15) is 0 Å². The van der Waals surface area contributed by atoms with E-state index in [1.54, 1.807) is 7.11 Å². The predicted molar refractivity (Wildman–Crippen MR) is 75.9 cm³/mol. The molecule has 0 aliphatic carbocycles. The van der Waals surface area contributed by atoms with Gasteiger partial charge in [-0.05, 0) is 37.4 Å². The Bertz CT molecular complexity index is 405. The van der Waals surface area contributed by atoms with E-state index < -0.39 is 0 Å². The van der Waals surface area contributed by atoms with Crippen LogP contribution in [-0.4, -0.2) is 20.3 Å². The molecule has 0 amide bonds. The van der Waals surface area contributed by atoms with Gasteiger partial charge >= 0.3 is 0 Å². The molecular formula is C16H25NO. The Morgan fingerprint density at radius 2 is 2.17 bits per heavy atom. The smallest absolute Gasteiger partial charge is 0.0553 e. The summed E-state index contributed by atoms with van der Waals surface area (Å²) in [5.74, 6) is 0. The number of nitrogens with one attached hydrogen (secondary N) is 1. The highest BCUT2D eigenvalue weighted by atomic mass is 16.5. The summed E-state index contributed by atoms with van der Waals surface area (Å²) in [6.07, 6.45) is 2.49. The van der Waals surface area contributed by atoms with E-state index in [2.05, 4.69) is 50.4 Å². The average molecular weight is 247 g/mol. The van der Waals surface area contributed by atoms with Gasteiger partial charge in [-0.2, -0.15) is 0 Å². The van der Waals surface area contributed by atoms with Crippen LogP contribution < -0.4 is 5.32 Å². The van der Waals surface area contributed by atoms with Gasteiger partial charge in [0, 0.05) is 18.1 Å². The molecule has 0 aromatic heterocycles. The Balaban J connectivity index is 2.30. The third-order valence-corrected chi connectivity index (χ3v) is 4.16. The highest BCUT2D eigenvalue weighted by molar-refractivity contribution is 5.34. The van der Waals surface area contributed by atoms with Crippen LogP contribution in [0.4, 0.5) is 0 Å². The Kier molecular flexibility index (Phi) is 3.79. The molecule has 1 atom stereocenters. The third kappa shape index (κ3) is 2.60. The van der Waals surface area contributed by atoms with Gasteiger partial charge in [-0.3, -0.25) is 0 Å². The van der Waals surface area contributed by atoms with Crippen molar-refractivity contribution in [2.45, 2.75) is 44.6 Å². The Labute approximate surface area is 111 Å². The molecule has 2 nitrogen and oxygen atoms in total. The first-order chi connectivity index (χ1) is 8.48. The molecule has 2 heteroatoms. The van der Waals surface area contributed by atoms with Crippen LogP contribution in [0.1, 0.15) is 44.7 Å². The minimum absolute atomic E-state index is 0.0692. The quantitative estimate of drug-likeness (QED) is 0.882. The molecule has 1 aromatic carbocycles. The zero-order valence-electron chi connectivity index (χ0n) is 12.0. The maximum absolute atomic E-state index is 5.34. The lowest BCUT2D eigenvalue weighted by Gasteiger charge is -2.29. The van der Waals surface area contributed by atoms with Gasteiger partial charge in [0.05, 0.1) is 6.61 Å².